The maximum Gasteiger partial charge on any atom is 0.303 e. The summed E-state index contributed by atoms with van der Waals surface area (Å²) in [5, 5.41) is 3.95. The van der Waals surface area contributed by atoms with Crippen LogP contribution in [-0.4, -0.2) is 14.9 Å². The normalized spacial score (nSPS) is 11.4. The topological polar surface area (TPSA) is 57.0 Å². The number of aryl methyl sites for hydroxylation is 1. The van der Waals surface area contributed by atoms with Crippen molar-refractivity contribution in [3.8, 4) is 11.3 Å². The third kappa shape index (κ3) is 3.82. The van der Waals surface area contributed by atoms with Crippen molar-refractivity contribution in [3.05, 3.63) is 81.9 Å². The molecule has 0 saturated heterocycles. The lowest BCUT2D eigenvalue weighted by Gasteiger charge is -2.25. The molecule has 1 aromatic carbocycles. The lowest BCUT2D eigenvalue weighted by molar-refractivity contribution is 0.0587. The second kappa shape index (κ2) is 7.12. The van der Waals surface area contributed by atoms with E-state index in [1.54, 1.807) is 12.3 Å². The maximum absolute atomic E-state index is 11.8. The van der Waals surface area contributed by atoms with Gasteiger partial charge in [0.1, 0.15) is 6.61 Å². The predicted octanol–water partition coefficient (Wildman–Crippen LogP) is 3.54. The summed E-state index contributed by atoms with van der Waals surface area (Å²) in [6.45, 7) is 8.84. The van der Waals surface area contributed by atoms with E-state index in [9.17, 15) is 4.79 Å². The fraction of sp³-hybridized carbons (Fsp3) is 0.286. The zero-order chi connectivity index (χ0) is 18.7. The Balaban J connectivity index is 2.03. The van der Waals surface area contributed by atoms with Crippen molar-refractivity contribution in [3.63, 3.8) is 0 Å². The van der Waals surface area contributed by atoms with Crippen molar-refractivity contribution in [2.75, 3.05) is 0 Å². The predicted molar refractivity (Wildman–Crippen MR) is 102 cm³/mol. The van der Waals surface area contributed by atoms with E-state index in [-0.39, 0.29) is 17.6 Å². The Morgan fingerprint density at radius 3 is 2.54 bits per heavy atom. The minimum atomic E-state index is -0.290. The second-order valence-electron chi connectivity index (χ2n) is 7.30. The van der Waals surface area contributed by atoms with Gasteiger partial charge in [0.15, 0.2) is 0 Å². The molecule has 5 nitrogen and oxygen atoms in total. The highest BCUT2D eigenvalue weighted by molar-refractivity contribution is 5.65. The molecule has 26 heavy (non-hydrogen) atoms. The van der Waals surface area contributed by atoms with Crippen LogP contribution in [0, 0.1) is 6.92 Å². The summed E-state index contributed by atoms with van der Waals surface area (Å²) in [6, 6.07) is 13.2. The van der Waals surface area contributed by atoms with Gasteiger partial charge in [0.2, 0.25) is 0 Å². The summed E-state index contributed by atoms with van der Waals surface area (Å²) in [5.74, 6) is 0. The Labute approximate surface area is 153 Å². The van der Waals surface area contributed by atoms with Crippen LogP contribution in [0.15, 0.2) is 59.7 Å². The quantitative estimate of drug-likeness (QED) is 0.723. The first-order valence-electron chi connectivity index (χ1n) is 8.59. The third-order valence-corrected chi connectivity index (χ3v) is 4.23. The summed E-state index contributed by atoms with van der Waals surface area (Å²) in [5.41, 5.74) is 4.99. The Bertz CT molecular complexity index is 957. The average Bonchev–Trinajstić information content (AvgIpc) is 2.61. The zero-order valence-electron chi connectivity index (χ0n) is 15.6. The Morgan fingerprint density at radius 2 is 1.88 bits per heavy atom. The Morgan fingerprint density at radius 1 is 1.08 bits per heavy atom. The summed E-state index contributed by atoms with van der Waals surface area (Å²) in [4.78, 5) is 23.0. The van der Waals surface area contributed by atoms with E-state index in [4.69, 9.17) is 4.84 Å². The van der Waals surface area contributed by atoms with Gasteiger partial charge in [0.05, 0.1) is 11.9 Å². The van der Waals surface area contributed by atoms with Crippen molar-refractivity contribution in [2.24, 2.45) is 0 Å². The number of nitrogens with zero attached hydrogens (tertiary/aromatic N) is 3. The molecule has 0 atom stereocenters. The first-order valence-corrected chi connectivity index (χ1v) is 8.59. The lowest BCUT2D eigenvalue weighted by Crippen LogP contribution is -2.29. The molecule has 2 heterocycles. The Hall–Kier alpha value is -2.95. The first-order chi connectivity index (χ1) is 12.4. The van der Waals surface area contributed by atoms with Crippen LogP contribution in [-0.2, 0) is 12.0 Å². The van der Waals surface area contributed by atoms with Crippen molar-refractivity contribution in [2.45, 2.75) is 39.7 Å². The molecule has 134 valence electrons. The molecule has 5 heteroatoms. The van der Waals surface area contributed by atoms with E-state index in [1.807, 2.05) is 18.2 Å². The number of rotatable bonds is 4. The van der Waals surface area contributed by atoms with Gasteiger partial charge >= 0.3 is 5.56 Å². The van der Waals surface area contributed by atoms with E-state index in [1.165, 1.54) is 17.8 Å². The van der Waals surface area contributed by atoms with Crippen LogP contribution < -0.4 is 10.4 Å². The molecule has 0 aliphatic rings. The number of pyridine rings is 1. The van der Waals surface area contributed by atoms with Crippen LogP contribution in [0.4, 0.5) is 0 Å². The molecule has 0 saturated carbocycles. The minimum Gasteiger partial charge on any atom is -0.389 e. The molecule has 0 fully saturated rings. The van der Waals surface area contributed by atoms with Gasteiger partial charge in [-0.3, -0.25) is 9.78 Å². The van der Waals surface area contributed by atoms with E-state index in [0.717, 1.165) is 27.2 Å². The number of hydrogen-bond acceptors (Lipinski definition) is 4. The van der Waals surface area contributed by atoms with Gasteiger partial charge in [-0.1, -0.05) is 37.7 Å². The summed E-state index contributed by atoms with van der Waals surface area (Å²) in [7, 11) is 0. The molecule has 2 aromatic heterocycles. The van der Waals surface area contributed by atoms with Crippen molar-refractivity contribution >= 4 is 0 Å². The van der Waals surface area contributed by atoms with Gasteiger partial charge in [0, 0.05) is 17.8 Å². The molecule has 3 rings (SSSR count). The minimum absolute atomic E-state index is 0.0544. The molecular weight excluding hydrogens is 326 g/mol. The molecule has 0 spiro atoms. The fourth-order valence-electron chi connectivity index (χ4n) is 2.94. The van der Waals surface area contributed by atoms with Crippen LogP contribution in [0.3, 0.4) is 0 Å². The van der Waals surface area contributed by atoms with Gasteiger partial charge in [-0.2, -0.15) is 0 Å². The van der Waals surface area contributed by atoms with Crippen LogP contribution >= 0.6 is 0 Å². The molecular formula is C21H23N3O2. The highest BCUT2D eigenvalue weighted by atomic mass is 16.7. The fourth-order valence-corrected chi connectivity index (χ4v) is 2.94. The highest BCUT2D eigenvalue weighted by Crippen LogP contribution is 2.32. The molecule has 0 aliphatic carbocycles. The van der Waals surface area contributed by atoms with Crippen LogP contribution in [0.5, 0.6) is 0 Å². The zero-order valence-corrected chi connectivity index (χ0v) is 15.6. The van der Waals surface area contributed by atoms with Gasteiger partial charge in [-0.15, -0.1) is 5.10 Å². The molecule has 0 unspecified atom stereocenters. The molecule has 3 aromatic rings. The SMILES string of the molecule is Cc1cc(C(C)(C)C)c(COn2ncccc2=O)cc1-c1ccccn1. The van der Waals surface area contributed by atoms with Gasteiger partial charge in [-0.05, 0) is 53.3 Å². The molecule has 0 amide bonds. The van der Waals surface area contributed by atoms with E-state index < -0.39 is 0 Å². The van der Waals surface area contributed by atoms with E-state index in [2.05, 4.69) is 49.9 Å². The molecule has 0 aliphatic heterocycles. The summed E-state index contributed by atoms with van der Waals surface area (Å²) < 4.78 is 0. The van der Waals surface area contributed by atoms with Crippen LogP contribution in [0.1, 0.15) is 37.5 Å². The Kier molecular flexibility index (Phi) is 4.89. The van der Waals surface area contributed by atoms with Crippen LogP contribution in [0.2, 0.25) is 0 Å². The monoisotopic (exact) mass is 349 g/mol. The van der Waals surface area contributed by atoms with Crippen molar-refractivity contribution < 1.29 is 4.84 Å². The molecule has 0 radical (unpaired) electrons. The van der Waals surface area contributed by atoms with E-state index >= 15 is 0 Å². The van der Waals surface area contributed by atoms with E-state index in [0.29, 0.717) is 0 Å². The molecule has 0 N–H and O–H groups in total. The second-order valence-corrected chi connectivity index (χ2v) is 7.30. The standard InChI is InChI=1S/C21H23N3O2/c1-15-12-18(21(2,3)4)16(13-17(15)19-8-5-6-10-22-19)14-26-24-20(25)9-7-11-23-24/h5-13H,14H2,1-4H3. The van der Waals surface area contributed by atoms with Gasteiger partial charge < -0.3 is 4.84 Å². The largest absolute Gasteiger partial charge is 0.389 e. The highest BCUT2D eigenvalue weighted by Gasteiger charge is 2.21. The number of hydrogen-bond donors (Lipinski definition) is 0. The molecule has 0 bridgehead atoms. The third-order valence-electron chi connectivity index (χ3n) is 4.23. The summed E-state index contributed by atoms with van der Waals surface area (Å²) in [6.07, 6.45) is 3.32. The summed E-state index contributed by atoms with van der Waals surface area (Å²) >= 11 is 0. The van der Waals surface area contributed by atoms with Gasteiger partial charge in [-0.25, -0.2) is 0 Å². The van der Waals surface area contributed by atoms with Crippen molar-refractivity contribution in [1.29, 1.82) is 0 Å². The lowest BCUT2D eigenvalue weighted by atomic mass is 9.81. The van der Waals surface area contributed by atoms with Crippen molar-refractivity contribution in [1.82, 2.24) is 14.9 Å². The first kappa shape index (κ1) is 17.9. The smallest absolute Gasteiger partial charge is 0.303 e. The maximum atomic E-state index is 11.8. The van der Waals surface area contributed by atoms with Gasteiger partial charge in [0.25, 0.3) is 0 Å². The number of aromatic nitrogens is 3. The number of benzene rings is 1. The average molecular weight is 349 g/mol. The van der Waals surface area contributed by atoms with Crippen LogP contribution in [0.25, 0.3) is 11.3 Å².